The third-order valence-corrected chi connectivity index (χ3v) is 5.38. The number of hydrogen-bond donors (Lipinski definition) is 1. The van der Waals surface area contributed by atoms with E-state index < -0.39 is 31.9 Å². The van der Waals surface area contributed by atoms with Gasteiger partial charge in [-0.15, -0.1) is 0 Å². The molecule has 0 radical (unpaired) electrons. The molecule has 1 aromatic rings. The molecule has 1 saturated carbocycles. The van der Waals surface area contributed by atoms with E-state index in [-0.39, 0.29) is 23.4 Å². The molecule has 0 aliphatic heterocycles. The molecule has 0 atom stereocenters. The predicted molar refractivity (Wildman–Crippen MR) is 74.5 cm³/mol. The molecule has 0 saturated heterocycles. The van der Waals surface area contributed by atoms with Gasteiger partial charge in [0.2, 0.25) is 0 Å². The van der Waals surface area contributed by atoms with E-state index in [0.717, 1.165) is 0 Å². The molecule has 1 aromatic carbocycles. The highest BCUT2D eigenvalue weighted by atomic mass is 32.2. The van der Waals surface area contributed by atoms with Crippen LogP contribution in [0.2, 0.25) is 0 Å². The number of carbonyl (C=O) groups is 1. The molecule has 0 aromatic heterocycles. The Kier molecular flexibility index (Phi) is 3.99. The fourth-order valence-electron chi connectivity index (χ4n) is 2.44. The zero-order chi connectivity index (χ0) is 15.7. The van der Waals surface area contributed by atoms with Crippen molar-refractivity contribution in [3.8, 4) is 0 Å². The van der Waals surface area contributed by atoms with E-state index in [1.165, 1.54) is 18.2 Å². The number of nitro groups is 1. The molecular formula is C13H15NO6S. The Bertz CT molecular complexity index is 678. The van der Waals surface area contributed by atoms with Crippen molar-refractivity contribution in [2.75, 3.05) is 5.75 Å². The highest BCUT2D eigenvalue weighted by Crippen LogP contribution is 2.50. The van der Waals surface area contributed by atoms with E-state index in [1.807, 2.05) is 0 Å². The van der Waals surface area contributed by atoms with Crippen LogP contribution in [0.1, 0.15) is 24.8 Å². The minimum Gasteiger partial charge on any atom is -0.481 e. The standard InChI is InChI=1S/C13H15NO6S/c15-12(16)7-13(5-6-13)9-21(19,20)8-10-3-1-2-4-11(10)14(17)18/h1-4H,5-9H2,(H,15,16). The number of para-hydroxylation sites is 1. The number of benzene rings is 1. The molecule has 0 heterocycles. The van der Waals surface area contributed by atoms with Crippen LogP contribution in [-0.4, -0.2) is 30.2 Å². The lowest BCUT2D eigenvalue weighted by atomic mass is 10.1. The zero-order valence-corrected chi connectivity index (χ0v) is 12.0. The summed E-state index contributed by atoms with van der Waals surface area (Å²) in [5, 5.41) is 19.7. The molecule has 0 amide bonds. The lowest BCUT2D eigenvalue weighted by molar-refractivity contribution is -0.385. The minimum absolute atomic E-state index is 0.133. The number of hydrogen-bond acceptors (Lipinski definition) is 5. The summed E-state index contributed by atoms with van der Waals surface area (Å²) in [4.78, 5) is 21.0. The quantitative estimate of drug-likeness (QED) is 0.606. The van der Waals surface area contributed by atoms with Crippen LogP contribution in [0.4, 0.5) is 5.69 Å². The number of nitro benzene ring substituents is 1. The van der Waals surface area contributed by atoms with Gasteiger partial charge in [-0.3, -0.25) is 14.9 Å². The molecule has 7 nitrogen and oxygen atoms in total. The van der Waals surface area contributed by atoms with Crippen molar-refractivity contribution in [3.63, 3.8) is 0 Å². The Morgan fingerprint density at radius 2 is 1.95 bits per heavy atom. The van der Waals surface area contributed by atoms with Gasteiger partial charge in [0.05, 0.1) is 22.8 Å². The summed E-state index contributed by atoms with van der Waals surface area (Å²) in [6.07, 6.45) is 0.952. The number of carboxylic acid groups (broad SMARTS) is 1. The van der Waals surface area contributed by atoms with Gasteiger partial charge < -0.3 is 5.11 Å². The zero-order valence-electron chi connectivity index (χ0n) is 11.2. The summed E-state index contributed by atoms with van der Waals surface area (Å²) in [6, 6.07) is 5.69. The van der Waals surface area contributed by atoms with E-state index >= 15 is 0 Å². The average Bonchev–Trinajstić information content (AvgIpc) is 3.05. The molecule has 2 rings (SSSR count). The normalized spacial score (nSPS) is 16.4. The fraction of sp³-hybridized carbons (Fsp3) is 0.462. The highest BCUT2D eigenvalue weighted by Gasteiger charge is 2.47. The lowest BCUT2D eigenvalue weighted by Crippen LogP contribution is -2.22. The summed E-state index contributed by atoms with van der Waals surface area (Å²) >= 11 is 0. The van der Waals surface area contributed by atoms with Crippen molar-refractivity contribution < 1.29 is 23.2 Å². The Balaban J connectivity index is 2.16. The molecule has 21 heavy (non-hydrogen) atoms. The number of carboxylic acids is 1. The van der Waals surface area contributed by atoms with E-state index in [9.17, 15) is 23.3 Å². The molecule has 0 spiro atoms. The topological polar surface area (TPSA) is 115 Å². The summed E-state index contributed by atoms with van der Waals surface area (Å²) < 4.78 is 24.4. The van der Waals surface area contributed by atoms with Crippen LogP contribution >= 0.6 is 0 Å². The van der Waals surface area contributed by atoms with Gasteiger partial charge in [-0.05, 0) is 18.3 Å². The molecule has 1 aliphatic carbocycles. The van der Waals surface area contributed by atoms with Crippen LogP contribution in [0.3, 0.4) is 0 Å². The Labute approximate surface area is 121 Å². The number of nitrogens with zero attached hydrogens (tertiary/aromatic N) is 1. The third kappa shape index (κ3) is 4.01. The summed E-state index contributed by atoms with van der Waals surface area (Å²) in [5.74, 6) is -1.70. The maximum atomic E-state index is 12.2. The van der Waals surface area contributed by atoms with E-state index in [4.69, 9.17) is 5.11 Å². The maximum Gasteiger partial charge on any atom is 0.303 e. The highest BCUT2D eigenvalue weighted by molar-refractivity contribution is 7.90. The minimum atomic E-state index is -3.60. The van der Waals surface area contributed by atoms with E-state index in [1.54, 1.807) is 6.07 Å². The van der Waals surface area contributed by atoms with Gasteiger partial charge in [0.25, 0.3) is 5.69 Å². The average molecular weight is 313 g/mol. The molecule has 1 fully saturated rings. The molecule has 0 unspecified atom stereocenters. The first-order chi connectivity index (χ1) is 9.73. The van der Waals surface area contributed by atoms with Crippen LogP contribution in [0.25, 0.3) is 0 Å². The Morgan fingerprint density at radius 3 is 2.48 bits per heavy atom. The van der Waals surface area contributed by atoms with Gasteiger partial charge in [-0.1, -0.05) is 18.2 Å². The van der Waals surface area contributed by atoms with Crippen LogP contribution in [0.15, 0.2) is 24.3 Å². The first-order valence-electron chi connectivity index (χ1n) is 6.38. The lowest BCUT2D eigenvalue weighted by Gasteiger charge is -2.13. The van der Waals surface area contributed by atoms with Gasteiger partial charge in [0.1, 0.15) is 0 Å². The maximum absolute atomic E-state index is 12.2. The van der Waals surface area contributed by atoms with Gasteiger partial charge in [0, 0.05) is 11.6 Å². The first kappa shape index (κ1) is 15.4. The second kappa shape index (κ2) is 5.44. The van der Waals surface area contributed by atoms with Gasteiger partial charge in [0.15, 0.2) is 9.84 Å². The van der Waals surface area contributed by atoms with Gasteiger partial charge in [-0.25, -0.2) is 8.42 Å². The van der Waals surface area contributed by atoms with Crippen molar-refractivity contribution in [1.29, 1.82) is 0 Å². The smallest absolute Gasteiger partial charge is 0.303 e. The van der Waals surface area contributed by atoms with Crippen LogP contribution in [-0.2, 0) is 20.4 Å². The molecular weight excluding hydrogens is 298 g/mol. The first-order valence-corrected chi connectivity index (χ1v) is 8.20. The molecule has 114 valence electrons. The summed E-state index contributed by atoms with van der Waals surface area (Å²) in [7, 11) is -3.60. The van der Waals surface area contributed by atoms with Crippen LogP contribution in [0, 0.1) is 15.5 Å². The van der Waals surface area contributed by atoms with Gasteiger partial charge >= 0.3 is 5.97 Å². The van der Waals surface area contributed by atoms with Crippen molar-refractivity contribution in [2.45, 2.75) is 25.0 Å². The fourth-order valence-corrected chi connectivity index (χ4v) is 4.58. The molecule has 8 heteroatoms. The SMILES string of the molecule is O=C(O)CC1(CS(=O)(=O)Cc2ccccc2[N+](=O)[O-])CC1. The predicted octanol–water partition coefficient (Wildman–Crippen LogP) is 1.76. The molecule has 1 aliphatic rings. The van der Waals surface area contributed by atoms with Crippen molar-refractivity contribution in [1.82, 2.24) is 0 Å². The second-order valence-corrected chi connectivity index (χ2v) is 7.55. The van der Waals surface area contributed by atoms with Gasteiger partial charge in [-0.2, -0.15) is 0 Å². The van der Waals surface area contributed by atoms with Crippen molar-refractivity contribution in [3.05, 3.63) is 39.9 Å². The molecule has 1 N–H and O–H groups in total. The molecule has 0 bridgehead atoms. The Hall–Kier alpha value is -1.96. The summed E-state index contributed by atoms with van der Waals surface area (Å²) in [5.41, 5.74) is -0.786. The van der Waals surface area contributed by atoms with E-state index in [0.29, 0.717) is 12.8 Å². The second-order valence-electron chi connectivity index (χ2n) is 5.49. The Morgan fingerprint density at radius 1 is 1.33 bits per heavy atom. The number of aliphatic carboxylic acids is 1. The van der Waals surface area contributed by atoms with Crippen molar-refractivity contribution in [2.24, 2.45) is 5.41 Å². The van der Waals surface area contributed by atoms with Crippen LogP contribution in [0.5, 0.6) is 0 Å². The number of sulfone groups is 1. The summed E-state index contributed by atoms with van der Waals surface area (Å²) in [6.45, 7) is 0. The monoisotopic (exact) mass is 313 g/mol. The van der Waals surface area contributed by atoms with Crippen molar-refractivity contribution >= 4 is 21.5 Å². The number of rotatable bonds is 7. The largest absolute Gasteiger partial charge is 0.481 e. The van der Waals surface area contributed by atoms with Crippen LogP contribution < -0.4 is 0 Å². The third-order valence-electron chi connectivity index (χ3n) is 3.57. The van der Waals surface area contributed by atoms with E-state index in [2.05, 4.69) is 0 Å².